The van der Waals surface area contributed by atoms with Gasteiger partial charge in [0.25, 0.3) is 5.91 Å². The van der Waals surface area contributed by atoms with Crippen LogP contribution in [0.25, 0.3) is 0 Å². The first-order chi connectivity index (χ1) is 14.0. The number of anilines is 2. The number of pyridine rings is 1. The summed E-state index contributed by atoms with van der Waals surface area (Å²) in [5, 5.41) is 6.94. The van der Waals surface area contributed by atoms with Crippen molar-refractivity contribution in [3.05, 3.63) is 71.7 Å². The minimum atomic E-state index is -0.297. The minimum absolute atomic E-state index is 0.0675. The lowest BCUT2D eigenvalue weighted by Crippen LogP contribution is -2.31. The van der Waals surface area contributed by atoms with Crippen LogP contribution in [0, 0.1) is 6.92 Å². The van der Waals surface area contributed by atoms with Crippen LogP contribution in [0.3, 0.4) is 0 Å². The molecule has 3 amide bonds. The number of aromatic nitrogens is 3. The molecule has 1 saturated heterocycles. The Morgan fingerprint density at radius 1 is 1.14 bits per heavy atom. The molecule has 29 heavy (non-hydrogen) atoms. The highest BCUT2D eigenvalue weighted by molar-refractivity contribution is 6.03. The highest BCUT2D eigenvalue weighted by atomic mass is 16.2. The van der Waals surface area contributed by atoms with Gasteiger partial charge in [-0.3, -0.25) is 14.4 Å². The zero-order chi connectivity index (χ0) is 20.4. The zero-order valence-electron chi connectivity index (χ0n) is 16.4. The molecule has 0 atom stereocenters. The van der Waals surface area contributed by atoms with Crippen LogP contribution in [0.15, 0.2) is 54.7 Å². The van der Waals surface area contributed by atoms with E-state index in [-0.39, 0.29) is 11.9 Å². The van der Waals surface area contributed by atoms with Crippen LogP contribution in [0.1, 0.15) is 21.7 Å². The standard InChI is InChI=1S/C21H22N6O2/c1-15-12-18(24-25(15)2)20(28)23-17-8-9-19(22-13-17)27-11-10-26(21(27)29)14-16-6-4-3-5-7-16/h3-9,12-13H,10-11,14H2,1-2H3,(H,23,28). The molecular formula is C21H22N6O2. The van der Waals surface area contributed by atoms with E-state index in [1.54, 1.807) is 45.9 Å². The van der Waals surface area contributed by atoms with Crippen molar-refractivity contribution in [3.8, 4) is 0 Å². The van der Waals surface area contributed by atoms with E-state index in [1.807, 2.05) is 37.3 Å². The predicted octanol–water partition coefficient (Wildman–Crippen LogP) is 2.82. The van der Waals surface area contributed by atoms with Gasteiger partial charge >= 0.3 is 6.03 Å². The van der Waals surface area contributed by atoms with Crippen LogP contribution in [-0.2, 0) is 13.6 Å². The van der Waals surface area contributed by atoms with E-state index in [0.717, 1.165) is 11.3 Å². The maximum absolute atomic E-state index is 12.7. The molecule has 1 aliphatic heterocycles. The Hall–Kier alpha value is -3.68. The van der Waals surface area contributed by atoms with Gasteiger partial charge in [0.15, 0.2) is 5.69 Å². The van der Waals surface area contributed by atoms with E-state index < -0.39 is 0 Å². The molecule has 148 valence electrons. The Morgan fingerprint density at radius 2 is 1.93 bits per heavy atom. The van der Waals surface area contributed by atoms with E-state index in [0.29, 0.717) is 36.8 Å². The van der Waals surface area contributed by atoms with Crippen molar-refractivity contribution in [2.45, 2.75) is 13.5 Å². The molecule has 8 heteroatoms. The SMILES string of the molecule is Cc1cc(C(=O)Nc2ccc(N3CCN(Cc4ccccc4)C3=O)nc2)nn1C. The molecular weight excluding hydrogens is 368 g/mol. The molecule has 1 aromatic carbocycles. The molecule has 0 bridgehead atoms. The smallest absolute Gasteiger partial charge is 0.319 e. The number of carbonyl (C=O) groups excluding carboxylic acids is 2. The predicted molar refractivity (Wildman–Crippen MR) is 110 cm³/mol. The third-order valence-electron chi connectivity index (χ3n) is 4.94. The number of rotatable bonds is 5. The topological polar surface area (TPSA) is 83.4 Å². The number of aryl methyl sites for hydroxylation is 2. The van der Waals surface area contributed by atoms with E-state index in [1.165, 1.54) is 0 Å². The fourth-order valence-electron chi connectivity index (χ4n) is 3.23. The first-order valence-electron chi connectivity index (χ1n) is 9.39. The highest BCUT2D eigenvalue weighted by Crippen LogP contribution is 2.21. The van der Waals surface area contributed by atoms with Gasteiger partial charge in [-0.2, -0.15) is 5.10 Å². The van der Waals surface area contributed by atoms with Crippen LogP contribution < -0.4 is 10.2 Å². The monoisotopic (exact) mass is 390 g/mol. The number of nitrogens with zero attached hydrogens (tertiary/aromatic N) is 5. The number of benzene rings is 1. The van der Waals surface area contributed by atoms with Crippen LogP contribution >= 0.6 is 0 Å². The average molecular weight is 390 g/mol. The molecule has 2 aromatic heterocycles. The number of hydrogen-bond donors (Lipinski definition) is 1. The largest absolute Gasteiger partial charge is 0.326 e. The molecule has 3 aromatic rings. The third-order valence-corrected chi connectivity index (χ3v) is 4.94. The number of amides is 3. The number of urea groups is 1. The zero-order valence-corrected chi connectivity index (χ0v) is 16.4. The van der Waals surface area contributed by atoms with Gasteiger partial charge in [0.05, 0.1) is 11.9 Å². The summed E-state index contributed by atoms with van der Waals surface area (Å²) < 4.78 is 1.65. The van der Waals surface area contributed by atoms with Gasteiger partial charge in [-0.15, -0.1) is 0 Å². The number of carbonyl (C=O) groups is 2. The van der Waals surface area contributed by atoms with Crippen molar-refractivity contribution < 1.29 is 9.59 Å². The van der Waals surface area contributed by atoms with Crippen molar-refractivity contribution in [2.24, 2.45) is 7.05 Å². The van der Waals surface area contributed by atoms with E-state index in [2.05, 4.69) is 15.4 Å². The first-order valence-corrected chi connectivity index (χ1v) is 9.39. The molecule has 8 nitrogen and oxygen atoms in total. The molecule has 1 fully saturated rings. The van der Waals surface area contributed by atoms with Crippen molar-refractivity contribution >= 4 is 23.4 Å². The second kappa shape index (κ2) is 7.75. The van der Waals surface area contributed by atoms with Crippen LogP contribution in [-0.4, -0.2) is 44.7 Å². The third kappa shape index (κ3) is 3.96. The van der Waals surface area contributed by atoms with Gasteiger partial charge in [0, 0.05) is 32.4 Å². The summed E-state index contributed by atoms with van der Waals surface area (Å²) in [5.74, 6) is 0.270. The van der Waals surface area contributed by atoms with E-state index in [4.69, 9.17) is 0 Å². The Labute approximate surface area is 168 Å². The van der Waals surface area contributed by atoms with Gasteiger partial charge in [-0.05, 0) is 30.7 Å². The maximum atomic E-state index is 12.7. The average Bonchev–Trinajstić information content (AvgIpc) is 3.26. The Kier molecular flexibility index (Phi) is 4.99. The Morgan fingerprint density at radius 3 is 2.59 bits per heavy atom. The molecule has 0 spiro atoms. The second-order valence-corrected chi connectivity index (χ2v) is 7.00. The molecule has 3 heterocycles. The van der Waals surface area contributed by atoms with Crippen LogP contribution in [0.4, 0.5) is 16.3 Å². The normalized spacial score (nSPS) is 13.8. The van der Waals surface area contributed by atoms with Gasteiger partial charge in [0.2, 0.25) is 0 Å². The summed E-state index contributed by atoms with van der Waals surface area (Å²) in [6.07, 6.45) is 1.55. The molecule has 0 unspecified atom stereocenters. The lowest BCUT2D eigenvalue weighted by Gasteiger charge is -2.18. The van der Waals surface area contributed by atoms with Crippen LogP contribution in [0.2, 0.25) is 0 Å². The molecule has 0 saturated carbocycles. The summed E-state index contributed by atoms with van der Waals surface area (Å²) in [6.45, 7) is 3.69. The fourth-order valence-corrected chi connectivity index (χ4v) is 3.23. The van der Waals surface area contributed by atoms with E-state index in [9.17, 15) is 9.59 Å². The van der Waals surface area contributed by atoms with Crippen molar-refractivity contribution in [1.29, 1.82) is 0 Å². The van der Waals surface area contributed by atoms with E-state index >= 15 is 0 Å². The fraction of sp³-hybridized carbons (Fsp3) is 0.238. The van der Waals surface area contributed by atoms with Crippen molar-refractivity contribution in [2.75, 3.05) is 23.3 Å². The summed E-state index contributed by atoms with van der Waals surface area (Å²) >= 11 is 0. The Bertz CT molecular complexity index is 1010. The number of nitrogens with one attached hydrogen (secondary N) is 1. The number of hydrogen-bond acceptors (Lipinski definition) is 4. The molecule has 1 aliphatic rings. The Balaban J connectivity index is 1.40. The lowest BCUT2D eigenvalue weighted by molar-refractivity contribution is 0.102. The summed E-state index contributed by atoms with van der Waals surface area (Å²) in [6, 6.07) is 15.0. The molecule has 4 rings (SSSR count). The summed E-state index contributed by atoms with van der Waals surface area (Å²) in [7, 11) is 1.79. The maximum Gasteiger partial charge on any atom is 0.326 e. The van der Waals surface area contributed by atoms with Gasteiger partial charge in [-0.25, -0.2) is 9.78 Å². The quantitative estimate of drug-likeness (QED) is 0.726. The molecule has 1 N–H and O–H groups in total. The van der Waals surface area contributed by atoms with Crippen molar-refractivity contribution in [3.63, 3.8) is 0 Å². The highest BCUT2D eigenvalue weighted by Gasteiger charge is 2.30. The molecule has 0 aliphatic carbocycles. The van der Waals surface area contributed by atoms with Crippen LogP contribution in [0.5, 0.6) is 0 Å². The summed E-state index contributed by atoms with van der Waals surface area (Å²) in [4.78, 5) is 32.8. The minimum Gasteiger partial charge on any atom is -0.319 e. The lowest BCUT2D eigenvalue weighted by atomic mass is 10.2. The first kappa shape index (κ1) is 18.7. The molecule has 0 radical (unpaired) electrons. The van der Waals surface area contributed by atoms with Gasteiger partial charge in [0.1, 0.15) is 5.82 Å². The second-order valence-electron chi connectivity index (χ2n) is 7.00. The van der Waals surface area contributed by atoms with Crippen molar-refractivity contribution in [1.82, 2.24) is 19.7 Å². The van der Waals surface area contributed by atoms with Gasteiger partial charge in [-0.1, -0.05) is 30.3 Å². The summed E-state index contributed by atoms with van der Waals surface area (Å²) in [5.41, 5.74) is 2.89. The van der Waals surface area contributed by atoms with Gasteiger partial charge < -0.3 is 10.2 Å².